The van der Waals surface area contributed by atoms with Gasteiger partial charge in [0.15, 0.2) is 0 Å². The van der Waals surface area contributed by atoms with Crippen LogP contribution in [0, 0.1) is 0 Å². The molecule has 2 atom stereocenters. The molecule has 0 spiro atoms. The van der Waals surface area contributed by atoms with E-state index in [4.69, 9.17) is 9.84 Å². The number of anilines is 2. The Morgan fingerprint density at radius 2 is 1.75 bits per heavy atom. The van der Waals surface area contributed by atoms with Gasteiger partial charge >= 0.3 is 5.97 Å². The van der Waals surface area contributed by atoms with E-state index < -0.39 is 5.97 Å². The summed E-state index contributed by atoms with van der Waals surface area (Å²) in [5, 5.41) is 15.2. The Morgan fingerprint density at radius 1 is 1.00 bits per heavy atom. The SMILES string of the molecule is C[C@@H](NCCC1CN(c2ccc(CCC(=O)O)cc2)c2ccccc2O1)c1cccc2ccccc12. The zero-order valence-electron chi connectivity index (χ0n) is 20.6. The molecule has 0 radical (unpaired) electrons. The molecule has 4 aromatic rings. The standard InChI is InChI=1S/C31H32N2O3/c1-22(27-10-6-8-24-7-2-3-9-28(24)27)32-20-19-26-21-33(29-11-4-5-12-30(29)36-26)25-16-13-23(14-17-25)15-18-31(34)35/h2-14,16-17,22,26,32H,15,18-21H2,1H3,(H,34,35)/t22-,26?/m1/s1. The number of nitrogens with zero attached hydrogens (tertiary/aromatic N) is 1. The van der Waals surface area contributed by atoms with Crippen LogP contribution in [-0.2, 0) is 11.2 Å². The second-order valence-electron chi connectivity index (χ2n) is 9.41. The van der Waals surface area contributed by atoms with Crippen molar-refractivity contribution in [1.29, 1.82) is 0 Å². The van der Waals surface area contributed by atoms with Crippen LogP contribution in [0.2, 0.25) is 0 Å². The number of aliphatic carboxylic acids is 1. The first-order valence-electron chi connectivity index (χ1n) is 12.6. The average molecular weight is 481 g/mol. The summed E-state index contributed by atoms with van der Waals surface area (Å²) in [5.41, 5.74) is 4.49. The first kappa shape index (κ1) is 23.9. The summed E-state index contributed by atoms with van der Waals surface area (Å²) in [7, 11) is 0. The van der Waals surface area contributed by atoms with Crippen molar-refractivity contribution in [2.45, 2.75) is 38.3 Å². The number of benzene rings is 4. The summed E-state index contributed by atoms with van der Waals surface area (Å²) in [6.07, 6.45) is 1.63. The second kappa shape index (κ2) is 10.8. The van der Waals surface area contributed by atoms with Crippen LogP contribution in [0.1, 0.15) is 36.9 Å². The molecule has 5 heteroatoms. The second-order valence-corrected chi connectivity index (χ2v) is 9.41. The zero-order chi connectivity index (χ0) is 24.9. The number of aryl methyl sites for hydroxylation is 1. The molecule has 1 unspecified atom stereocenters. The Balaban J connectivity index is 1.26. The molecule has 5 rings (SSSR count). The number of para-hydroxylation sites is 2. The highest BCUT2D eigenvalue weighted by Gasteiger charge is 2.26. The van der Waals surface area contributed by atoms with E-state index >= 15 is 0 Å². The molecule has 0 saturated carbocycles. The maximum absolute atomic E-state index is 10.9. The van der Waals surface area contributed by atoms with Gasteiger partial charge in [0.2, 0.25) is 0 Å². The molecule has 0 amide bonds. The molecule has 1 heterocycles. The van der Waals surface area contributed by atoms with Gasteiger partial charge in [-0.3, -0.25) is 4.79 Å². The van der Waals surface area contributed by atoms with Crippen LogP contribution in [0.25, 0.3) is 10.8 Å². The minimum absolute atomic E-state index is 0.0544. The van der Waals surface area contributed by atoms with E-state index in [1.54, 1.807) is 0 Å². The summed E-state index contributed by atoms with van der Waals surface area (Å²) in [6, 6.07) is 31.6. The van der Waals surface area contributed by atoms with Gasteiger partial charge in [-0.15, -0.1) is 0 Å². The Labute approximate surface area is 212 Å². The van der Waals surface area contributed by atoms with E-state index in [-0.39, 0.29) is 18.6 Å². The lowest BCUT2D eigenvalue weighted by Crippen LogP contribution is -2.39. The predicted octanol–water partition coefficient (Wildman–Crippen LogP) is 6.50. The molecule has 36 heavy (non-hydrogen) atoms. The highest BCUT2D eigenvalue weighted by molar-refractivity contribution is 5.86. The van der Waals surface area contributed by atoms with Gasteiger partial charge in [0.05, 0.1) is 12.2 Å². The van der Waals surface area contributed by atoms with Gasteiger partial charge in [0.25, 0.3) is 0 Å². The monoisotopic (exact) mass is 480 g/mol. The third-order valence-corrected chi connectivity index (χ3v) is 6.92. The molecule has 0 fully saturated rings. The van der Waals surface area contributed by atoms with Gasteiger partial charge < -0.3 is 20.1 Å². The fourth-order valence-electron chi connectivity index (χ4n) is 4.99. The number of carboxylic acid groups (broad SMARTS) is 1. The van der Waals surface area contributed by atoms with Gasteiger partial charge in [0, 0.05) is 18.2 Å². The summed E-state index contributed by atoms with van der Waals surface area (Å²) >= 11 is 0. The highest BCUT2D eigenvalue weighted by atomic mass is 16.5. The number of rotatable bonds is 9. The Bertz CT molecular complexity index is 1330. The Kier molecular flexibility index (Phi) is 7.19. The molecule has 0 bridgehead atoms. The van der Waals surface area contributed by atoms with Crippen LogP contribution in [0.3, 0.4) is 0 Å². The number of carbonyl (C=O) groups is 1. The summed E-state index contributed by atoms with van der Waals surface area (Å²) in [6.45, 7) is 3.83. The average Bonchev–Trinajstić information content (AvgIpc) is 2.91. The molecule has 4 aromatic carbocycles. The molecule has 0 aliphatic carbocycles. The third-order valence-electron chi connectivity index (χ3n) is 6.92. The zero-order valence-corrected chi connectivity index (χ0v) is 20.6. The molecular weight excluding hydrogens is 448 g/mol. The van der Waals surface area contributed by atoms with Gasteiger partial charge in [-0.1, -0.05) is 66.7 Å². The molecule has 0 aromatic heterocycles. The van der Waals surface area contributed by atoms with E-state index in [9.17, 15) is 4.79 Å². The lowest BCUT2D eigenvalue weighted by molar-refractivity contribution is -0.136. The highest BCUT2D eigenvalue weighted by Crippen LogP contribution is 2.38. The van der Waals surface area contributed by atoms with Gasteiger partial charge in [-0.25, -0.2) is 0 Å². The topological polar surface area (TPSA) is 61.8 Å². The van der Waals surface area contributed by atoms with Crippen molar-refractivity contribution in [1.82, 2.24) is 5.32 Å². The van der Waals surface area contributed by atoms with E-state index in [1.165, 1.54) is 16.3 Å². The number of hydrogen-bond donors (Lipinski definition) is 2. The van der Waals surface area contributed by atoms with E-state index in [0.717, 1.165) is 42.2 Å². The first-order valence-corrected chi connectivity index (χ1v) is 12.6. The summed E-state index contributed by atoms with van der Waals surface area (Å²) in [5.74, 6) is 0.123. The number of hydrogen-bond acceptors (Lipinski definition) is 4. The third kappa shape index (κ3) is 5.37. The smallest absolute Gasteiger partial charge is 0.303 e. The van der Waals surface area contributed by atoms with Crippen LogP contribution in [0.15, 0.2) is 91.0 Å². The van der Waals surface area contributed by atoms with Crippen molar-refractivity contribution in [3.63, 3.8) is 0 Å². The molecule has 1 aliphatic rings. The fraction of sp³-hybridized carbons (Fsp3) is 0.258. The minimum atomic E-state index is -0.771. The van der Waals surface area contributed by atoms with E-state index in [2.05, 4.69) is 77.8 Å². The first-order chi connectivity index (χ1) is 17.6. The lowest BCUT2D eigenvalue weighted by atomic mass is 9.99. The molecule has 5 nitrogen and oxygen atoms in total. The normalized spacial score (nSPS) is 15.8. The van der Waals surface area contributed by atoms with Crippen LogP contribution in [0.4, 0.5) is 11.4 Å². The lowest BCUT2D eigenvalue weighted by Gasteiger charge is -2.36. The molecule has 2 N–H and O–H groups in total. The molecule has 0 saturated heterocycles. The minimum Gasteiger partial charge on any atom is -0.486 e. The van der Waals surface area contributed by atoms with Crippen LogP contribution in [0.5, 0.6) is 5.75 Å². The number of ether oxygens (including phenoxy) is 1. The summed E-state index contributed by atoms with van der Waals surface area (Å²) < 4.78 is 6.38. The van der Waals surface area contributed by atoms with Crippen LogP contribution >= 0.6 is 0 Å². The molecule has 1 aliphatic heterocycles. The van der Waals surface area contributed by atoms with E-state index in [0.29, 0.717) is 6.42 Å². The van der Waals surface area contributed by atoms with Gasteiger partial charge in [0.1, 0.15) is 11.9 Å². The number of nitrogens with one attached hydrogen (secondary N) is 1. The van der Waals surface area contributed by atoms with Crippen molar-refractivity contribution >= 4 is 28.1 Å². The Morgan fingerprint density at radius 3 is 2.58 bits per heavy atom. The van der Waals surface area contributed by atoms with Crippen molar-refractivity contribution in [3.05, 3.63) is 102 Å². The maximum Gasteiger partial charge on any atom is 0.303 e. The van der Waals surface area contributed by atoms with Crippen molar-refractivity contribution < 1.29 is 14.6 Å². The molecular formula is C31H32N2O3. The Hall–Kier alpha value is -3.83. The predicted molar refractivity (Wildman–Crippen MR) is 145 cm³/mol. The van der Waals surface area contributed by atoms with Gasteiger partial charge in [-0.2, -0.15) is 0 Å². The van der Waals surface area contributed by atoms with E-state index in [1.807, 2.05) is 30.3 Å². The van der Waals surface area contributed by atoms with Crippen molar-refractivity contribution in [2.24, 2.45) is 0 Å². The largest absolute Gasteiger partial charge is 0.486 e. The van der Waals surface area contributed by atoms with Crippen molar-refractivity contribution in [2.75, 3.05) is 18.0 Å². The number of carboxylic acids is 1. The summed E-state index contributed by atoms with van der Waals surface area (Å²) in [4.78, 5) is 13.2. The van der Waals surface area contributed by atoms with Crippen LogP contribution < -0.4 is 15.0 Å². The fourth-order valence-corrected chi connectivity index (χ4v) is 4.99. The maximum atomic E-state index is 10.9. The quantitative estimate of drug-likeness (QED) is 0.286. The van der Waals surface area contributed by atoms with Crippen LogP contribution in [-0.4, -0.2) is 30.3 Å². The number of fused-ring (bicyclic) bond motifs is 2. The van der Waals surface area contributed by atoms with Crippen molar-refractivity contribution in [3.8, 4) is 5.75 Å². The molecule has 184 valence electrons. The van der Waals surface area contributed by atoms with Gasteiger partial charge in [-0.05, 0) is 72.5 Å².